The third-order valence-electron chi connectivity index (χ3n) is 3.09. The monoisotopic (exact) mass is 291 g/mol. The van der Waals surface area contributed by atoms with Crippen molar-refractivity contribution in [2.75, 3.05) is 6.79 Å². The normalized spacial score (nSPS) is 23.6. The minimum Gasteiger partial charge on any atom is -0.437 e. The Morgan fingerprint density at radius 2 is 2.05 bits per heavy atom. The van der Waals surface area contributed by atoms with Gasteiger partial charge in [0.25, 0.3) is 5.09 Å². The summed E-state index contributed by atoms with van der Waals surface area (Å²) in [5.74, 6) is -1.83. The SMILES string of the molecule is O=C(OCO[N+](=O)[O-])C1C=CC=CC1(O)c1ccccc1. The van der Waals surface area contributed by atoms with Crippen molar-refractivity contribution in [3.8, 4) is 0 Å². The predicted molar refractivity (Wildman–Crippen MR) is 71.1 cm³/mol. The van der Waals surface area contributed by atoms with Crippen LogP contribution in [0.2, 0.25) is 0 Å². The first-order chi connectivity index (χ1) is 10.0. The van der Waals surface area contributed by atoms with E-state index < -0.39 is 29.4 Å². The van der Waals surface area contributed by atoms with Gasteiger partial charge in [0.1, 0.15) is 11.5 Å². The molecule has 7 nitrogen and oxygen atoms in total. The molecule has 2 rings (SSSR count). The number of hydrogen-bond acceptors (Lipinski definition) is 6. The van der Waals surface area contributed by atoms with Crippen LogP contribution in [0.1, 0.15) is 5.56 Å². The molecule has 1 aliphatic carbocycles. The van der Waals surface area contributed by atoms with Crippen LogP contribution in [-0.2, 0) is 20.0 Å². The maximum absolute atomic E-state index is 12.0. The predicted octanol–water partition coefficient (Wildman–Crippen LogP) is 1.33. The number of carbonyl (C=O) groups is 1. The second-order valence-corrected chi connectivity index (χ2v) is 4.35. The molecule has 7 heteroatoms. The second-order valence-electron chi connectivity index (χ2n) is 4.35. The standard InChI is InChI=1S/C14H13NO6/c16-13(20-10-21-15(18)19)12-8-4-5-9-14(12,17)11-6-2-1-3-7-11/h1-9,12,17H,10H2. The summed E-state index contributed by atoms with van der Waals surface area (Å²) in [7, 11) is 0. The number of ether oxygens (including phenoxy) is 1. The molecule has 21 heavy (non-hydrogen) atoms. The van der Waals surface area contributed by atoms with Gasteiger partial charge in [0.15, 0.2) is 0 Å². The van der Waals surface area contributed by atoms with Gasteiger partial charge in [0, 0.05) is 0 Å². The molecule has 0 saturated carbocycles. The minimum atomic E-state index is -1.57. The molecule has 0 radical (unpaired) electrons. The molecular weight excluding hydrogens is 278 g/mol. The van der Waals surface area contributed by atoms with E-state index in [9.17, 15) is 20.0 Å². The fraction of sp³-hybridized carbons (Fsp3) is 0.214. The van der Waals surface area contributed by atoms with Gasteiger partial charge in [-0.25, -0.2) is 0 Å². The average Bonchev–Trinajstić information content (AvgIpc) is 2.48. The Kier molecular flexibility index (Phi) is 4.34. The van der Waals surface area contributed by atoms with Crippen molar-refractivity contribution in [3.05, 3.63) is 70.3 Å². The molecule has 1 aromatic carbocycles. The summed E-state index contributed by atoms with van der Waals surface area (Å²) < 4.78 is 4.66. The lowest BCUT2D eigenvalue weighted by molar-refractivity contribution is -0.765. The van der Waals surface area contributed by atoms with Crippen molar-refractivity contribution < 1.29 is 24.6 Å². The Labute approximate surface area is 120 Å². The molecule has 1 aliphatic rings. The lowest BCUT2D eigenvalue weighted by Gasteiger charge is -2.32. The molecule has 2 atom stereocenters. The van der Waals surface area contributed by atoms with E-state index in [2.05, 4.69) is 9.57 Å². The van der Waals surface area contributed by atoms with Crippen molar-refractivity contribution in [3.63, 3.8) is 0 Å². The van der Waals surface area contributed by atoms with Crippen LogP contribution in [0.25, 0.3) is 0 Å². The summed E-state index contributed by atoms with van der Waals surface area (Å²) in [5.41, 5.74) is -1.05. The van der Waals surface area contributed by atoms with Crippen molar-refractivity contribution in [2.45, 2.75) is 5.60 Å². The van der Waals surface area contributed by atoms with E-state index in [-0.39, 0.29) is 0 Å². The van der Waals surface area contributed by atoms with Crippen molar-refractivity contribution in [1.29, 1.82) is 0 Å². The molecule has 1 aromatic rings. The second kappa shape index (κ2) is 6.19. The average molecular weight is 291 g/mol. The van der Waals surface area contributed by atoms with Gasteiger partial charge in [-0.1, -0.05) is 48.6 Å². The van der Waals surface area contributed by atoms with Crippen LogP contribution in [0.4, 0.5) is 0 Å². The van der Waals surface area contributed by atoms with Gasteiger partial charge < -0.3 is 9.84 Å². The van der Waals surface area contributed by atoms with E-state index >= 15 is 0 Å². The smallest absolute Gasteiger partial charge is 0.318 e. The van der Waals surface area contributed by atoms with Gasteiger partial charge in [-0.3, -0.25) is 9.63 Å². The lowest BCUT2D eigenvalue weighted by Crippen LogP contribution is -2.39. The highest BCUT2D eigenvalue weighted by Crippen LogP contribution is 2.35. The highest BCUT2D eigenvalue weighted by Gasteiger charge is 2.41. The van der Waals surface area contributed by atoms with E-state index in [1.807, 2.05) is 0 Å². The van der Waals surface area contributed by atoms with Crippen LogP contribution >= 0.6 is 0 Å². The molecule has 110 valence electrons. The first-order valence-corrected chi connectivity index (χ1v) is 6.12. The first-order valence-electron chi connectivity index (χ1n) is 6.12. The molecule has 0 amide bonds. The van der Waals surface area contributed by atoms with Crippen molar-refractivity contribution in [1.82, 2.24) is 0 Å². The molecule has 0 spiro atoms. The molecule has 0 heterocycles. The van der Waals surface area contributed by atoms with E-state index in [4.69, 9.17) is 0 Å². The number of aliphatic hydroxyl groups is 1. The summed E-state index contributed by atoms with van der Waals surface area (Å²) in [6.45, 7) is -0.815. The number of rotatable bonds is 5. The molecular formula is C14H13NO6. The number of benzene rings is 1. The van der Waals surface area contributed by atoms with Gasteiger partial charge >= 0.3 is 5.97 Å². The third kappa shape index (κ3) is 3.26. The summed E-state index contributed by atoms with van der Waals surface area (Å²) in [5, 5.41) is 19.7. The zero-order chi connectivity index (χ0) is 15.3. The Balaban J connectivity index is 2.16. The number of allylic oxidation sites excluding steroid dienone is 2. The maximum atomic E-state index is 12.0. The molecule has 0 saturated heterocycles. The van der Waals surface area contributed by atoms with E-state index in [1.54, 1.807) is 42.5 Å². The summed E-state index contributed by atoms with van der Waals surface area (Å²) in [4.78, 5) is 26.0. The van der Waals surface area contributed by atoms with Crippen molar-refractivity contribution >= 4 is 5.97 Å². The molecule has 0 bridgehead atoms. The van der Waals surface area contributed by atoms with Gasteiger partial charge in [-0.2, -0.15) is 0 Å². The molecule has 0 aromatic heterocycles. The number of hydrogen-bond donors (Lipinski definition) is 1. The van der Waals surface area contributed by atoms with Gasteiger partial charge in [0.05, 0.1) is 0 Å². The Bertz CT molecular complexity index is 582. The molecule has 1 N–H and O–H groups in total. The van der Waals surface area contributed by atoms with E-state index in [0.717, 1.165) is 0 Å². The van der Waals surface area contributed by atoms with Crippen LogP contribution in [0, 0.1) is 16.0 Å². The zero-order valence-corrected chi connectivity index (χ0v) is 10.9. The van der Waals surface area contributed by atoms with Crippen LogP contribution in [0.15, 0.2) is 54.6 Å². The lowest BCUT2D eigenvalue weighted by atomic mass is 9.78. The maximum Gasteiger partial charge on any atom is 0.318 e. The molecule has 0 fully saturated rings. The van der Waals surface area contributed by atoms with Gasteiger partial charge in [-0.15, -0.1) is 10.1 Å². The summed E-state index contributed by atoms with van der Waals surface area (Å²) in [6.07, 6.45) is 6.16. The van der Waals surface area contributed by atoms with Crippen LogP contribution in [0.3, 0.4) is 0 Å². The Morgan fingerprint density at radius 3 is 2.71 bits per heavy atom. The quantitative estimate of drug-likeness (QED) is 0.380. The van der Waals surface area contributed by atoms with Gasteiger partial charge in [-0.05, 0) is 11.6 Å². The van der Waals surface area contributed by atoms with Crippen molar-refractivity contribution in [2.24, 2.45) is 5.92 Å². The van der Waals surface area contributed by atoms with Crippen LogP contribution in [-0.4, -0.2) is 23.0 Å². The fourth-order valence-corrected chi connectivity index (χ4v) is 2.08. The zero-order valence-electron chi connectivity index (χ0n) is 10.9. The molecule has 2 unspecified atom stereocenters. The van der Waals surface area contributed by atoms with Crippen LogP contribution < -0.4 is 0 Å². The Morgan fingerprint density at radius 1 is 1.33 bits per heavy atom. The first kappa shape index (κ1) is 14.7. The molecule has 0 aliphatic heterocycles. The fourth-order valence-electron chi connectivity index (χ4n) is 2.08. The summed E-state index contributed by atoms with van der Waals surface area (Å²) in [6, 6.07) is 8.61. The largest absolute Gasteiger partial charge is 0.437 e. The van der Waals surface area contributed by atoms with E-state index in [0.29, 0.717) is 5.56 Å². The number of esters is 1. The highest BCUT2D eigenvalue weighted by atomic mass is 17.0. The summed E-state index contributed by atoms with van der Waals surface area (Å²) >= 11 is 0. The van der Waals surface area contributed by atoms with Gasteiger partial charge in [0.2, 0.25) is 6.79 Å². The number of nitrogens with zero attached hydrogens (tertiary/aromatic N) is 1. The Hall–Kier alpha value is -2.67. The third-order valence-corrected chi connectivity index (χ3v) is 3.09. The highest BCUT2D eigenvalue weighted by molar-refractivity contribution is 5.77. The van der Waals surface area contributed by atoms with Crippen LogP contribution in [0.5, 0.6) is 0 Å². The topological polar surface area (TPSA) is 98.9 Å². The number of carbonyl (C=O) groups excluding carboxylic acids is 1. The minimum absolute atomic E-state index is 0.516. The van der Waals surface area contributed by atoms with E-state index in [1.165, 1.54) is 12.2 Å².